The van der Waals surface area contributed by atoms with Crippen LogP contribution in [0.5, 0.6) is 0 Å². The van der Waals surface area contributed by atoms with Gasteiger partial charge in [-0.2, -0.15) is 11.8 Å². The molecular formula is C10H19NS. The Bertz CT molecular complexity index is 165. The molecule has 1 heterocycles. The van der Waals surface area contributed by atoms with Crippen molar-refractivity contribution >= 4 is 11.8 Å². The summed E-state index contributed by atoms with van der Waals surface area (Å²) in [6.45, 7) is 2.27. The summed E-state index contributed by atoms with van der Waals surface area (Å²) in [7, 11) is 0. The lowest BCUT2D eigenvalue weighted by Crippen LogP contribution is -2.37. The van der Waals surface area contributed by atoms with E-state index in [2.05, 4.69) is 18.7 Å². The molecule has 0 aromatic heterocycles. The third-order valence-corrected chi connectivity index (χ3v) is 4.72. The molecule has 1 aliphatic carbocycles. The molecule has 12 heavy (non-hydrogen) atoms. The predicted molar refractivity (Wildman–Crippen MR) is 55.4 cm³/mol. The van der Waals surface area contributed by atoms with Gasteiger partial charge in [-0.15, -0.1) is 0 Å². The standard InChI is InChI=1S/C10H19NS/c1-2-8-7-10(8,11)9-3-5-12-6-4-9/h8-9H,2-7,11H2,1H3. The van der Waals surface area contributed by atoms with Gasteiger partial charge in [0.05, 0.1) is 0 Å². The van der Waals surface area contributed by atoms with Gasteiger partial charge in [-0.3, -0.25) is 0 Å². The maximum atomic E-state index is 6.37. The number of rotatable bonds is 2. The molecule has 0 aromatic carbocycles. The Labute approximate surface area is 79.5 Å². The van der Waals surface area contributed by atoms with Crippen LogP contribution >= 0.6 is 11.8 Å². The van der Waals surface area contributed by atoms with Crippen LogP contribution in [-0.2, 0) is 0 Å². The second kappa shape index (κ2) is 3.22. The number of hydrogen-bond acceptors (Lipinski definition) is 2. The van der Waals surface area contributed by atoms with Crippen molar-refractivity contribution < 1.29 is 0 Å². The van der Waals surface area contributed by atoms with Crippen LogP contribution in [0.1, 0.15) is 32.6 Å². The number of hydrogen-bond donors (Lipinski definition) is 1. The summed E-state index contributed by atoms with van der Waals surface area (Å²) in [5, 5.41) is 0. The second-order valence-corrected chi connectivity index (χ2v) is 5.53. The van der Waals surface area contributed by atoms with Gasteiger partial charge >= 0.3 is 0 Å². The molecule has 1 saturated heterocycles. The van der Waals surface area contributed by atoms with Gasteiger partial charge in [-0.1, -0.05) is 13.3 Å². The van der Waals surface area contributed by atoms with E-state index in [1.165, 1.54) is 37.2 Å². The molecule has 1 aliphatic heterocycles. The molecule has 2 unspecified atom stereocenters. The van der Waals surface area contributed by atoms with Crippen molar-refractivity contribution in [3.05, 3.63) is 0 Å². The van der Waals surface area contributed by atoms with Crippen molar-refractivity contribution in [2.45, 2.75) is 38.1 Å². The van der Waals surface area contributed by atoms with Crippen molar-refractivity contribution in [1.29, 1.82) is 0 Å². The first kappa shape index (κ1) is 8.89. The van der Waals surface area contributed by atoms with E-state index in [1.807, 2.05) is 0 Å². The fraction of sp³-hybridized carbons (Fsp3) is 1.00. The summed E-state index contributed by atoms with van der Waals surface area (Å²) in [5.41, 5.74) is 6.64. The van der Waals surface area contributed by atoms with Crippen LogP contribution in [0.2, 0.25) is 0 Å². The van der Waals surface area contributed by atoms with Gasteiger partial charge in [0.15, 0.2) is 0 Å². The first-order valence-corrected chi connectivity index (χ1v) is 6.29. The maximum Gasteiger partial charge on any atom is 0.0215 e. The van der Waals surface area contributed by atoms with E-state index in [9.17, 15) is 0 Å². The molecule has 0 spiro atoms. The van der Waals surface area contributed by atoms with Crippen LogP contribution in [0.15, 0.2) is 0 Å². The van der Waals surface area contributed by atoms with Crippen molar-refractivity contribution in [2.75, 3.05) is 11.5 Å². The molecule has 2 aliphatic rings. The summed E-state index contributed by atoms with van der Waals surface area (Å²) in [5.74, 6) is 4.40. The average molecular weight is 185 g/mol. The van der Waals surface area contributed by atoms with E-state index in [4.69, 9.17) is 5.73 Å². The Morgan fingerprint density at radius 3 is 2.58 bits per heavy atom. The fourth-order valence-electron chi connectivity index (χ4n) is 2.63. The Balaban J connectivity index is 1.91. The Morgan fingerprint density at radius 1 is 1.42 bits per heavy atom. The molecule has 0 aromatic rings. The zero-order chi connectivity index (χ0) is 8.60. The van der Waals surface area contributed by atoms with E-state index >= 15 is 0 Å². The van der Waals surface area contributed by atoms with Crippen molar-refractivity contribution in [3.63, 3.8) is 0 Å². The Hall–Kier alpha value is 0.310. The molecule has 2 atom stereocenters. The van der Waals surface area contributed by atoms with Gasteiger partial charge in [0.1, 0.15) is 0 Å². The highest BCUT2D eigenvalue weighted by Gasteiger charge is 2.54. The molecule has 2 fully saturated rings. The monoisotopic (exact) mass is 185 g/mol. The van der Waals surface area contributed by atoms with Crippen LogP contribution in [0, 0.1) is 11.8 Å². The molecule has 0 amide bonds. The molecule has 0 bridgehead atoms. The Morgan fingerprint density at radius 2 is 2.08 bits per heavy atom. The molecule has 70 valence electrons. The molecule has 2 heteroatoms. The van der Waals surface area contributed by atoms with Crippen LogP contribution in [0.4, 0.5) is 0 Å². The summed E-state index contributed by atoms with van der Waals surface area (Å²) < 4.78 is 0. The lowest BCUT2D eigenvalue weighted by Gasteiger charge is -2.28. The predicted octanol–water partition coefficient (Wildman–Crippen LogP) is 2.26. The highest BCUT2D eigenvalue weighted by Crippen LogP contribution is 2.52. The molecule has 1 saturated carbocycles. The minimum Gasteiger partial charge on any atom is -0.325 e. The van der Waals surface area contributed by atoms with Gasteiger partial charge < -0.3 is 5.73 Å². The third kappa shape index (κ3) is 1.39. The van der Waals surface area contributed by atoms with E-state index in [-0.39, 0.29) is 5.54 Å². The summed E-state index contributed by atoms with van der Waals surface area (Å²) in [6, 6.07) is 0. The van der Waals surface area contributed by atoms with Crippen LogP contribution in [-0.4, -0.2) is 17.0 Å². The minimum absolute atomic E-state index is 0.274. The Kier molecular flexibility index (Phi) is 2.39. The normalized spacial score (nSPS) is 43.0. The zero-order valence-electron chi connectivity index (χ0n) is 7.88. The smallest absolute Gasteiger partial charge is 0.0215 e. The van der Waals surface area contributed by atoms with E-state index in [1.54, 1.807) is 0 Å². The lowest BCUT2D eigenvalue weighted by atomic mass is 9.90. The average Bonchev–Trinajstić information content (AvgIpc) is 2.81. The van der Waals surface area contributed by atoms with E-state index in [0.717, 1.165) is 11.8 Å². The van der Waals surface area contributed by atoms with Crippen LogP contribution in [0.25, 0.3) is 0 Å². The number of thioether (sulfide) groups is 1. The zero-order valence-corrected chi connectivity index (χ0v) is 8.70. The van der Waals surface area contributed by atoms with Crippen molar-refractivity contribution in [3.8, 4) is 0 Å². The van der Waals surface area contributed by atoms with E-state index < -0.39 is 0 Å². The van der Waals surface area contributed by atoms with E-state index in [0.29, 0.717) is 0 Å². The summed E-state index contributed by atoms with van der Waals surface area (Å²) in [4.78, 5) is 0. The minimum atomic E-state index is 0.274. The van der Waals surface area contributed by atoms with Crippen LogP contribution in [0.3, 0.4) is 0 Å². The maximum absolute atomic E-state index is 6.37. The molecule has 2 rings (SSSR count). The van der Waals surface area contributed by atoms with Gasteiger partial charge in [0, 0.05) is 5.54 Å². The van der Waals surface area contributed by atoms with Gasteiger partial charge in [0.2, 0.25) is 0 Å². The summed E-state index contributed by atoms with van der Waals surface area (Å²) >= 11 is 2.10. The first-order chi connectivity index (χ1) is 5.77. The topological polar surface area (TPSA) is 26.0 Å². The SMILES string of the molecule is CCC1CC1(N)C1CCSCC1. The van der Waals surface area contributed by atoms with Crippen molar-refractivity contribution in [2.24, 2.45) is 17.6 Å². The lowest BCUT2D eigenvalue weighted by molar-refractivity contribution is 0.350. The van der Waals surface area contributed by atoms with Gasteiger partial charge in [-0.05, 0) is 42.6 Å². The fourth-order valence-corrected chi connectivity index (χ4v) is 3.73. The second-order valence-electron chi connectivity index (χ2n) is 4.31. The van der Waals surface area contributed by atoms with Gasteiger partial charge in [0.25, 0.3) is 0 Å². The molecule has 0 radical (unpaired) electrons. The largest absolute Gasteiger partial charge is 0.325 e. The van der Waals surface area contributed by atoms with Gasteiger partial charge in [-0.25, -0.2) is 0 Å². The number of nitrogens with two attached hydrogens (primary N) is 1. The highest BCUT2D eigenvalue weighted by atomic mass is 32.2. The molecule has 2 N–H and O–H groups in total. The highest BCUT2D eigenvalue weighted by molar-refractivity contribution is 7.99. The molecule has 1 nitrogen and oxygen atoms in total. The third-order valence-electron chi connectivity index (χ3n) is 3.67. The first-order valence-electron chi connectivity index (χ1n) is 5.14. The van der Waals surface area contributed by atoms with Crippen molar-refractivity contribution in [1.82, 2.24) is 0 Å². The summed E-state index contributed by atoms with van der Waals surface area (Å²) in [6.07, 6.45) is 5.34. The quantitative estimate of drug-likeness (QED) is 0.714. The molecular weight excluding hydrogens is 166 g/mol. The van der Waals surface area contributed by atoms with Crippen LogP contribution < -0.4 is 5.73 Å².